The minimum Gasteiger partial charge on any atom is -0.388 e. The highest BCUT2D eigenvalue weighted by Crippen LogP contribution is 2.21. The molecule has 13 nitrogen and oxygen atoms in total. The average Bonchev–Trinajstić information content (AvgIpc) is 3.25. The van der Waals surface area contributed by atoms with Crippen LogP contribution >= 0.6 is 0 Å². The summed E-state index contributed by atoms with van der Waals surface area (Å²) in [6, 6.07) is 0. The Kier molecular flexibility index (Phi) is 13.9. The second-order valence-corrected chi connectivity index (χ2v) is 11.0. The highest BCUT2D eigenvalue weighted by atomic mass is 16.7. The van der Waals surface area contributed by atoms with Crippen molar-refractivity contribution in [3.05, 3.63) is 0 Å². The molecular weight excluding hydrogens is 540 g/mol. The van der Waals surface area contributed by atoms with Gasteiger partial charge in [-0.15, -0.1) is 5.06 Å². The fourth-order valence-corrected chi connectivity index (χ4v) is 4.94. The molecule has 3 saturated heterocycles. The van der Waals surface area contributed by atoms with Crippen molar-refractivity contribution in [2.45, 2.75) is 128 Å². The van der Waals surface area contributed by atoms with Crippen LogP contribution in [0.3, 0.4) is 0 Å². The van der Waals surface area contributed by atoms with Crippen molar-refractivity contribution in [1.29, 1.82) is 0 Å². The molecule has 0 saturated carbocycles. The van der Waals surface area contributed by atoms with Crippen molar-refractivity contribution >= 4 is 23.7 Å². The number of unbranched alkanes of at least 4 members (excludes halogenated alkanes) is 1. The van der Waals surface area contributed by atoms with Crippen LogP contribution in [0.2, 0.25) is 0 Å². The zero-order valence-electron chi connectivity index (χ0n) is 24.2. The first-order valence-electron chi connectivity index (χ1n) is 14.9. The van der Waals surface area contributed by atoms with E-state index in [1.165, 1.54) is 0 Å². The van der Waals surface area contributed by atoms with Gasteiger partial charge in [-0.1, -0.05) is 0 Å². The van der Waals surface area contributed by atoms with Gasteiger partial charge in [0.2, 0.25) is 5.91 Å². The molecule has 3 rings (SSSR count). The molecule has 0 spiro atoms. The smallest absolute Gasteiger partial charge is 0.333 e. The number of hydrogen-bond donors (Lipinski definition) is 2. The third kappa shape index (κ3) is 11.2. The predicted molar refractivity (Wildman–Crippen MR) is 143 cm³/mol. The van der Waals surface area contributed by atoms with E-state index in [1.54, 1.807) is 4.90 Å². The summed E-state index contributed by atoms with van der Waals surface area (Å²) in [6.07, 6.45) is 2.27. The molecule has 3 heterocycles. The quantitative estimate of drug-likeness (QED) is 0.199. The zero-order chi connectivity index (χ0) is 29.8. The van der Waals surface area contributed by atoms with Gasteiger partial charge < -0.3 is 38.9 Å². The van der Waals surface area contributed by atoms with Gasteiger partial charge in [-0.2, -0.15) is 0 Å². The number of aliphatic hydroxyl groups excluding tert-OH is 2. The lowest BCUT2D eigenvalue weighted by atomic mass is 10.1. The molecular formula is C28H46N2O11. The summed E-state index contributed by atoms with van der Waals surface area (Å²) in [5.74, 6) is -1.83. The maximum absolute atomic E-state index is 13.0. The highest BCUT2D eigenvalue weighted by Gasteiger charge is 2.33. The normalized spacial score (nSPS) is 28.6. The highest BCUT2D eigenvalue weighted by molar-refractivity contribution is 6.01. The van der Waals surface area contributed by atoms with E-state index in [2.05, 4.69) is 0 Å². The van der Waals surface area contributed by atoms with Crippen LogP contribution in [-0.2, 0) is 43.0 Å². The molecule has 0 aromatic heterocycles. The number of aliphatic hydroxyl groups is 2. The minimum atomic E-state index is -0.685. The van der Waals surface area contributed by atoms with Crippen LogP contribution < -0.4 is 0 Å². The number of carbonyl (C=O) groups is 4. The Balaban J connectivity index is 1.40. The first-order valence-corrected chi connectivity index (χ1v) is 14.9. The molecule has 234 valence electrons. The van der Waals surface area contributed by atoms with Gasteiger partial charge in [-0.25, -0.2) is 4.79 Å². The second kappa shape index (κ2) is 17.1. The molecule has 0 aromatic rings. The molecule has 41 heavy (non-hydrogen) atoms. The molecule has 3 aliphatic heterocycles. The lowest BCUT2D eigenvalue weighted by Gasteiger charge is -2.32. The number of ether oxygens (including phenoxy) is 4. The van der Waals surface area contributed by atoms with E-state index in [-0.39, 0.29) is 43.8 Å². The summed E-state index contributed by atoms with van der Waals surface area (Å²) < 4.78 is 22.8. The molecule has 0 aromatic carbocycles. The van der Waals surface area contributed by atoms with E-state index in [9.17, 15) is 29.4 Å². The van der Waals surface area contributed by atoms with Crippen LogP contribution in [0.4, 0.5) is 0 Å². The summed E-state index contributed by atoms with van der Waals surface area (Å²) in [5, 5.41) is 20.7. The molecule has 2 N–H and O–H groups in total. The van der Waals surface area contributed by atoms with Gasteiger partial charge in [0.15, 0.2) is 12.6 Å². The van der Waals surface area contributed by atoms with Gasteiger partial charge in [0.25, 0.3) is 11.8 Å². The standard InChI is InChI=1S/C28H46N2O11/c1-19-9-11-21(31)27(39-19)37-17-5-15-29(16-6-18-38-28-22(32)12-10-20(2)40-28)23(33)7-3-4-8-26(36)41-30-24(34)13-14-25(30)35/h19-22,27-28,31-32H,3-18H2,1-2H3/t19-,20-,21-,22-,27+,28+/m0/s1. The second-order valence-electron chi connectivity index (χ2n) is 11.0. The monoisotopic (exact) mass is 586 g/mol. The van der Waals surface area contributed by atoms with Crippen molar-refractivity contribution in [2.75, 3.05) is 26.3 Å². The van der Waals surface area contributed by atoms with Gasteiger partial charge in [0.1, 0.15) is 12.2 Å². The van der Waals surface area contributed by atoms with Gasteiger partial charge in [-0.05, 0) is 65.2 Å². The first kappa shape index (κ1) is 33.3. The lowest BCUT2D eigenvalue weighted by molar-refractivity contribution is -0.237. The van der Waals surface area contributed by atoms with Gasteiger partial charge in [0.05, 0.1) is 25.4 Å². The predicted octanol–water partition coefficient (Wildman–Crippen LogP) is 1.57. The van der Waals surface area contributed by atoms with Crippen LogP contribution in [0.5, 0.6) is 0 Å². The zero-order valence-corrected chi connectivity index (χ0v) is 24.2. The maximum Gasteiger partial charge on any atom is 0.333 e. The molecule has 6 atom stereocenters. The number of hydrogen-bond acceptors (Lipinski definition) is 11. The summed E-state index contributed by atoms with van der Waals surface area (Å²) in [4.78, 5) is 54.8. The molecule has 3 fully saturated rings. The summed E-state index contributed by atoms with van der Waals surface area (Å²) in [5.41, 5.74) is 0. The molecule has 0 radical (unpaired) electrons. The maximum atomic E-state index is 13.0. The van der Waals surface area contributed by atoms with Crippen LogP contribution in [0, 0.1) is 0 Å². The Bertz CT molecular complexity index is 822. The average molecular weight is 587 g/mol. The Morgan fingerprint density at radius 2 is 1.29 bits per heavy atom. The fraction of sp³-hybridized carbons (Fsp3) is 0.857. The van der Waals surface area contributed by atoms with Crippen LogP contribution in [0.25, 0.3) is 0 Å². The van der Waals surface area contributed by atoms with Crippen molar-refractivity contribution in [3.8, 4) is 0 Å². The molecule has 3 aliphatic rings. The van der Waals surface area contributed by atoms with E-state index in [4.69, 9.17) is 23.8 Å². The first-order chi connectivity index (χ1) is 19.6. The van der Waals surface area contributed by atoms with Crippen LogP contribution in [0.15, 0.2) is 0 Å². The molecule has 0 unspecified atom stereocenters. The van der Waals surface area contributed by atoms with Crippen molar-refractivity contribution in [3.63, 3.8) is 0 Å². The van der Waals surface area contributed by atoms with Gasteiger partial charge in [-0.3, -0.25) is 14.4 Å². The molecule has 3 amide bonds. The largest absolute Gasteiger partial charge is 0.388 e. The van der Waals surface area contributed by atoms with Crippen LogP contribution in [0.1, 0.15) is 90.9 Å². The van der Waals surface area contributed by atoms with Crippen LogP contribution in [-0.4, -0.2) is 107 Å². The van der Waals surface area contributed by atoms with E-state index >= 15 is 0 Å². The number of hydroxylamine groups is 2. The minimum absolute atomic E-state index is 0.0176. The van der Waals surface area contributed by atoms with E-state index in [1.807, 2.05) is 13.8 Å². The number of imide groups is 1. The SMILES string of the molecule is C[C@H]1CC[C@H](O)[C@H](OCCCN(CCCO[C@@H]2O[C@@H](C)CC[C@@H]2O)C(=O)CCCCC(=O)ON2C(=O)CCC2=O)O1. The Morgan fingerprint density at radius 3 is 1.80 bits per heavy atom. The molecule has 13 heteroatoms. The lowest BCUT2D eigenvalue weighted by Crippen LogP contribution is -2.41. The van der Waals surface area contributed by atoms with E-state index in [0.29, 0.717) is 69.9 Å². The topological polar surface area (TPSA) is 161 Å². The third-order valence-electron chi connectivity index (χ3n) is 7.38. The summed E-state index contributed by atoms with van der Waals surface area (Å²) in [6.45, 7) is 5.36. The fourth-order valence-electron chi connectivity index (χ4n) is 4.94. The Morgan fingerprint density at radius 1 is 0.805 bits per heavy atom. The number of carbonyl (C=O) groups excluding carboxylic acids is 4. The Labute approximate surface area is 241 Å². The number of amides is 3. The molecule has 0 bridgehead atoms. The summed E-state index contributed by atoms with van der Waals surface area (Å²) in [7, 11) is 0. The van der Waals surface area contributed by atoms with Crippen molar-refractivity contribution < 1.29 is 53.2 Å². The van der Waals surface area contributed by atoms with Gasteiger partial charge >= 0.3 is 5.97 Å². The van der Waals surface area contributed by atoms with E-state index < -0.39 is 42.6 Å². The van der Waals surface area contributed by atoms with Crippen molar-refractivity contribution in [2.24, 2.45) is 0 Å². The van der Waals surface area contributed by atoms with E-state index in [0.717, 1.165) is 12.8 Å². The number of rotatable bonds is 16. The third-order valence-corrected chi connectivity index (χ3v) is 7.38. The summed E-state index contributed by atoms with van der Waals surface area (Å²) >= 11 is 0. The molecule has 0 aliphatic carbocycles. The Hall–Kier alpha value is -2.16. The van der Waals surface area contributed by atoms with Crippen molar-refractivity contribution in [1.82, 2.24) is 9.96 Å². The number of nitrogens with zero attached hydrogens (tertiary/aromatic N) is 2. The van der Waals surface area contributed by atoms with Gasteiger partial charge in [0, 0.05) is 38.8 Å².